The summed E-state index contributed by atoms with van der Waals surface area (Å²) in [5, 5.41) is 2.67. The van der Waals surface area contributed by atoms with Crippen molar-refractivity contribution in [2.24, 2.45) is 5.92 Å². The van der Waals surface area contributed by atoms with E-state index in [4.69, 9.17) is 0 Å². The van der Waals surface area contributed by atoms with Crippen molar-refractivity contribution in [1.29, 1.82) is 0 Å². The third kappa shape index (κ3) is 3.79. The standard InChI is InChI=1S/C15H19FN2O2/c1-10(2)18(15(20)11-3-4-11)9-14(19)17-13-7-5-12(16)6-8-13/h5-8,10-11H,3-4,9H2,1-2H3,(H,17,19). The number of anilines is 1. The zero-order valence-electron chi connectivity index (χ0n) is 11.7. The third-order valence-electron chi connectivity index (χ3n) is 3.27. The quantitative estimate of drug-likeness (QED) is 0.899. The van der Waals surface area contributed by atoms with Gasteiger partial charge in [0.15, 0.2) is 0 Å². The van der Waals surface area contributed by atoms with Crippen LogP contribution >= 0.6 is 0 Å². The van der Waals surface area contributed by atoms with Gasteiger partial charge in [0.25, 0.3) is 0 Å². The van der Waals surface area contributed by atoms with Crippen LogP contribution in [0.5, 0.6) is 0 Å². The molecule has 0 saturated heterocycles. The molecular weight excluding hydrogens is 259 g/mol. The molecule has 0 heterocycles. The van der Waals surface area contributed by atoms with E-state index in [-0.39, 0.29) is 36.1 Å². The molecule has 108 valence electrons. The Morgan fingerprint density at radius 2 is 1.90 bits per heavy atom. The number of carbonyl (C=O) groups is 2. The molecule has 1 aliphatic carbocycles. The van der Waals surface area contributed by atoms with Crippen molar-refractivity contribution in [2.45, 2.75) is 32.7 Å². The first-order valence-electron chi connectivity index (χ1n) is 6.83. The van der Waals surface area contributed by atoms with Gasteiger partial charge in [0, 0.05) is 17.6 Å². The Morgan fingerprint density at radius 3 is 2.40 bits per heavy atom. The fraction of sp³-hybridized carbons (Fsp3) is 0.467. The molecular formula is C15H19FN2O2. The lowest BCUT2D eigenvalue weighted by atomic mass is 10.2. The van der Waals surface area contributed by atoms with E-state index in [9.17, 15) is 14.0 Å². The van der Waals surface area contributed by atoms with Crippen molar-refractivity contribution in [3.05, 3.63) is 30.1 Å². The highest BCUT2D eigenvalue weighted by molar-refractivity contribution is 5.95. The van der Waals surface area contributed by atoms with Gasteiger partial charge in [0.05, 0.1) is 0 Å². The van der Waals surface area contributed by atoms with E-state index in [1.165, 1.54) is 24.3 Å². The smallest absolute Gasteiger partial charge is 0.244 e. The SMILES string of the molecule is CC(C)N(CC(=O)Nc1ccc(F)cc1)C(=O)C1CC1. The number of hydrogen-bond acceptors (Lipinski definition) is 2. The maximum atomic E-state index is 12.8. The molecule has 0 unspecified atom stereocenters. The highest BCUT2D eigenvalue weighted by Crippen LogP contribution is 2.31. The minimum atomic E-state index is -0.351. The van der Waals surface area contributed by atoms with E-state index >= 15 is 0 Å². The lowest BCUT2D eigenvalue weighted by Gasteiger charge is -2.26. The van der Waals surface area contributed by atoms with Crippen LogP contribution in [0.15, 0.2) is 24.3 Å². The first kappa shape index (κ1) is 14.5. The van der Waals surface area contributed by atoms with Crippen molar-refractivity contribution >= 4 is 17.5 Å². The fourth-order valence-corrected chi connectivity index (χ4v) is 1.97. The molecule has 20 heavy (non-hydrogen) atoms. The Labute approximate surface area is 118 Å². The fourth-order valence-electron chi connectivity index (χ4n) is 1.97. The summed E-state index contributed by atoms with van der Waals surface area (Å²) in [5.41, 5.74) is 0.527. The van der Waals surface area contributed by atoms with Crippen LogP contribution < -0.4 is 5.32 Å². The van der Waals surface area contributed by atoms with Gasteiger partial charge in [-0.15, -0.1) is 0 Å². The van der Waals surface area contributed by atoms with Crippen molar-refractivity contribution < 1.29 is 14.0 Å². The molecule has 2 rings (SSSR count). The van der Waals surface area contributed by atoms with Crippen molar-refractivity contribution in [2.75, 3.05) is 11.9 Å². The molecule has 1 saturated carbocycles. The van der Waals surface area contributed by atoms with Gasteiger partial charge in [-0.2, -0.15) is 0 Å². The van der Waals surface area contributed by atoms with Gasteiger partial charge in [-0.1, -0.05) is 0 Å². The number of carbonyl (C=O) groups excluding carboxylic acids is 2. The van der Waals surface area contributed by atoms with Crippen LogP contribution in [0.25, 0.3) is 0 Å². The van der Waals surface area contributed by atoms with Gasteiger partial charge >= 0.3 is 0 Å². The molecule has 1 N–H and O–H groups in total. The Hall–Kier alpha value is -1.91. The van der Waals surface area contributed by atoms with Gasteiger partial charge < -0.3 is 10.2 Å². The van der Waals surface area contributed by atoms with Crippen LogP contribution in [-0.2, 0) is 9.59 Å². The number of amides is 2. The molecule has 0 atom stereocenters. The number of benzene rings is 1. The van der Waals surface area contributed by atoms with Crippen LogP contribution in [-0.4, -0.2) is 29.3 Å². The molecule has 4 nitrogen and oxygen atoms in total. The highest BCUT2D eigenvalue weighted by atomic mass is 19.1. The molecule has 0 spiro atoms. The maximum absolute atomic E-state index is 12.8. The monoisotopic (exact) mass is 278 g/mol. The summed E-state index contributed by atoms with van der Waals surface area (Å²) < 4.78 is 12.8. The zero-order chi connectivity index (χ0) is 14.7. The molecule has 1 aromatic rings. The predicted octanol–water partition coefficient (Wildman–Crippen LogP) is 2.41. The van der Waals surface area contributed by atoms with Crippen LogP contribution in [0.4, 0.5) is 10.1 Å². The molecule has 1 aliphatic rings. The number of nitrogens with one attached hydrogen (secondary N) is 1. The molecule has 1 aromatic carbocycles. The number of rotatable bonds is 5. The summed E-state index contributed by atoms with van der Waals surface area (Å²) >= 11 is 0. The van der Waals surface area contributed by atoms with E-state index in [2.05, 4.69) is 5.32 Å². The molecule has 0 aromatic heterocycles. The normalized spacial score (nSPS) is 14.2. The molecule has 1 fully saturated rings. The predicted molar refractivity (Wildman–Crippen MR) is 74.6 cm³/mol. The van der Waals surface area contributed by atoms with E-state index in [0.29, 0.717) is 5.69 Å². The average molecular weight is 278 g/mol. The topological polar surface area (TPSA) is 49.4 Å². The second-order valence-corrected chi connectivity index (χ2v) is 5.39. The van der Waals surface area contributed by atoms with Crippen LogP contribution in [0.1, 0.15) is 26.7 Å². The van der Waals surface area contributed by atoms with Gasteiger partial charge in [-0.3, -0.25) is 9.59 Å². The maximum Gasteiger partial charge on any atom is 0.244 e. The lowest BCUT2D eigenvalue weighted by Crippen LogP contribution is -2.43. The molecule has 2 amide bonds. The molecule has 5 heteroatoms. The van der Waals surface area contributed by atoms with E-state index in [1.807, 2.05) is 13.8 Å². The number of hydrogen-bond donors (Lipinski definition) is 1. The summed E-state index contributed by atoms with van der Waals surface area (Å²) in [4.78, 5) is 25.6. The van der Waals surface area contributed by atoms with Crippen molar-refractivity contribution in [3.63, 3.8) is 0 Å². The molecule has 0 radical (unpaired) electrons. The Morgan fingerprint density at radius 1 is 1.30 bits per heavy atom. The van der Waals surface area contributed by atoms with Crippen molar-refractivity contribution in [3.8, 4) is 0 Å². The molecule has 0 aliphatic heterocycles. The van der Waals surface area contributed by atoms with Gasteiger partial charge in [-0.25, -0.2) is 4.39 Å². The van der Waals surface area contributed by atoms with Crippen LogP contribution in [0.3, 0.4) is 0 Å². The minimum Gasteiger partial charge on any atom is -0.331 e. The summed E-state index contributed by atoms with van der Waals surface area (Å²) in [6.07, 6.45) is 1.84. The first-order valence-corrected chi connectivity index (χ1v) is 6.83. The Bertz CT molecular complexity index is 495. The van der Waals surface area contributed by atoms with Crippen LogP contribution in [0.2, 0.25) is 0 Å². The molecule has 0 bridgehead atoms. The third-order valence-corrected chi connectivity index (χ3v) is 3.27. The van der Waals surface area contributed by atoms with Gasteiger partial charge in [0.1, 0.15) is 12.4 Å². The second kappa shape index (κ2) is 6.03. The Kier molecular flexibility index (Phi) is 4.37. The van der Waals surface area contributed by atoms with Crippen LogP contribution in [0, 0.1) is 11.7 Å². The number of halogens is 1. The van der Waals surface area contributed by atoms with Gasteiger partial charge in [0.2, 0.25) is 11.8 Å². The average Bonchev–Trinajstić information content (AvgIpc) is 3.22. The number of nitrogens with zero attached hydrogens (tertiary/aromatic N) is 1. The summed E-state index contributed by atoms with van der Waals surface area (Å²) in [5.74, 6) is -0.472. The lowest BCUT2D eigenvalue weighted by molar-refractivity contribution is -0.137. The first-order chi connectivity index (χ1) is 9.47. The largest absolute Gasteiger partial charge is 0.331 e. The second-order valence-electron chi connectivity index (χ2n) is 5.39. The summed E-state index contributed by atoms with van der Waals surface area (Å²) in [6.45, 7) is 3.82. The Balaban J connectivity index is 1.94. The highest BCUT2D eigenvalue weighted by Gasteiger charge is 2.35. The van der Waals surface area contributed by atoms with E-state index < -0.39 is 0 Å². The van der Waals surface area contributed by atoms with E-state index in [0.717, 1.165) is 12.8 Å². The summed E-state index contributed by atoms with van der Waals surface area (Å²) in [6, 6.07) is 5.55. The van der Waals surface area contributed by atoms with E-state index in [1.54, 1.807) is 4.90 Å². The van der Waals surface area contributed by atoms with Crippen molar-refractivity contribution in [1.82, 2.24) is 4.90 Å². The van der Waals surface area contributed by atoms with Gasteiger partial charge in [-0.05, 0) is 51.0 Å². The summed E-state index contributed by atoms with van der Waals surface area (Å²) in [7, 11) is 0. The zero-order valence-corrected chi connectivity index (χ0v) is 11.7. The minimum absolute atomic E-state index is 0.0120.